The van der Waals surface area contributed by atoms with Crippen LogP contribution in [0.1, 0.15) is 33.1 Å². The van der Waals surface area contributed by atoms with Gasteiger partial charge in [-0.3, -0.25) is 0 Å². The Morgan fingerprint density at radius 1 is 1.42 bits per heavy atom. The van der Waals surface area contributed by atoms with Gasteiger partial charge in [-0.05, 0) is 33.1 Å². The van der Waals surface area contributed by atoms with Gasteiger partial charge in [-0.25, -0.2) is 4.79 Å². The summed E-state index contributed by atoms with van der Waals surface area (Å²) in [6.07, 6.45) is 4.08. The third-order valence-corrected chi connectivity index (χ3v) is 1.54. The molecular weight excluding hydrogens is 152 g/mol. The van der Waals surface area contributed by atoms with Gasteiger partial charge in [0.1, 0.15) is 0 Å². The lowest BCUT2D eigenvalue weighted by Gasteiger charge is -1.99. The fourth-order valence-electron chi connectivity index (χ4n) is 0.952. The van der Waals surface area contributed by atoms with Gasteiger partial charge < -0.3 is 5.11 Å². The first-order chi connectivity index (χ1) is 5.52. The van der Waals surface area contributed by atoms with Gasteiger partial charge in [0.25, 0.3) is 0 Å². The molecule has 68 valence electrons. The van der Waals surface area contributed by atoms with E-state index in [9.17, 15) is 4.79 Å². The van der Waals surface area contributed by atoms with E-state index in [-0.39, 0.29) is 0 Å². The molecule has 0 aliphatic carbocycles. The number of carboxylic acid groups (broad SMARTS) is 1. The zero-order valence-electron chi connectivity index (χ0n) is 7.76. The number of aliphatic carboxylic acids is 1. The molecule has 0 rings (SSSR count). The number of rotatable bonds is 5. The second-order valence-corrected chi connectivity index (χ2v) is 3.14. The van der Waals surface area contributed by atoms with Crippen molar-refractivity contribution >= 4 is 5.97 Å². The number of allylic oxidation sites excluding steroid dienone is 2. The van der Waals surface area contributed by atoms with E-state index in [4.69, 9.17) is 5.11 Å². The molecule has 0 radical (unpaired) electrons. The average Bonchev–Trinajstić information content (AvgIpc) is 1.84. The Kier molecular flexibility index (Phi) is 5.09. The van der Waals surface area contributed by atoms with Crippen LogP contribution in [0.15, 0.2) is 23.8 Å². The molecular formula is C10H16O2. The monoisotopic (exact) mass is 168 g/mol. The highest BCUT2D eigenvalue weighted by molar-refractivity contribution is 5.80. The highest BCUT2D eigenvalue weighted by Gasteiger charge is 1.94. The van der Waals surface area contributed by atoms with Crippen LogP contribution in [0.3, 0.4) is 0 Å². The van der Waals surface area contributed by atoms with E-state index in [0.717, 1.165) is 30.4 Å². The Morgan fingerprint density at radius 2 is 2.00 bits per heavy atom. The summed E-state index contributed by atoms with van der Waals surface area (Å²) in [7, 11) is 0. The molecule has 0 aromatic rings. The van der Waals surface area contributed by atoms with Crippen LogP contribution in [0.2, 0.25) is 0 Å². The first-order valence-electron chi connectivity index (χ1n) is 4.07. The minimum Gasteiger partial charge on any atom is -0.478 e. The zero-order chi connectivity index (χ0) is 9.56. The summed E-state index contributed by atoms with van der Waals surface area (Å²) in [5.41, 5.74) is 2.07. The number of hydrogen-bond donors (Lipinski definition) is 1. The molecule has 12 heavy (non-hydrogen) atoms. The number of hydrogen-bond acceptors (Lipinski definition) is 1. The molecule has 0 amide bonds. The first kappa shape index (κ1) is 11.0. The molecule has 0 heterocycles. The molecule has 0 spiro atoms. The zero-order valence-corrected chi connectivity index (χ0v) is 7.76. The van der Waals surface area contributed by atoms with Gasteiger partial charge in [0.15, 0.2) is 0 Å². The Labute approximate surface area is 73.6 Å². The minimum absolute atomic E-state index is 0.846. The van der Waals surface area contributed by atoms with Crippen molar-refractivity contribution in [1.29, 1.82) is 0 Å². The van der Waals surface area contributed by atoms with E-state index >= 15 is 0 Å². The van der Waals surface area contributed by atoms with Crippen molar-refractivity contribution < 1.29 is 9.90 Å². The highest BCUT2D eigenvalue weighted by atomic mass is 16.4. The lowest BCUT2D eigenvalue weighted by atomic mass is 10.1. The summed E-state index contributed by atoms with van der Waals surface area (Å²) >= 11 is 0. The van der Waals surface area contributed by atoms with Gasteiger partial charge in [0, 0.05) is 6.08 Å². The molecule has 0 unspecified atom stereocenters. The SMILES string of the molecule is C=C(C)CCCC(C)=CC(=O)O. The molecule has 2 heteroatoms. The molecule has 0 saturated heterocycles. The average molecular weight is 168 g/mol. The molecule has 0 atom stereocenters. The third kappa shape index (κ3) is 7.06. The molecule has 0 bridgehead atoms. The van der Waals surface area contributed by atoms with Gasteiger partial charge in [-0.2, -0.15) is 0 Å². The molecule has 1 N–H and O–H groups in total. The standard InChI is InChI=1S/C10H16O2/c1-8(2)5-4-6-9(3)7-10(11)12/h7H,1,4-6H2,2-3H3,(H,11,12). The molecule has 0 aromatic heterocycles. The highest BCUT2D eigenvalue weighted by Crippen LogP contribution is 2.09. The third-order valence-electron chi connectivity index (χ3n) is 1.54. The van der Waals surface area contributed by atoms with E-state index in [1.165, 1.54) is 6.08 Å². The van der Waals surface area contributed by atoms with Crippen molar-refractivity contribution in [2.45, 2.75) is 33.1 Å². The van der Waals surface area contributed by atoms with Crippen LogP contribution in [0.4, 0.5) is 0 Å². The second kappa shape index (κ2) is 5.58. The molecule has 0 saturated carbocycles. The summed E-state index contributed by atoms with van der Waals surface area (Å²) in [4.78, 5) is 10.2. The van der Waals surface area contributed by atoms with Crippen molar-refractivity contribution in [3.8, 4) is 0 Å². The predicted molar refractivity (Wildman–Crippen MR) is 50.1 cm³/mol. The van der Waals surface area contributed by atoms with E-state index in [1.54, 1.807) is 0 Å². The van der Waals surface area contributed by atoms with E-state index in [2.05, 4.69) is 6.58 Å². The van der Waals surface area contributed by atoms with E-state index in [1.807, 2.05) is 13.8 Å². The number of carboxylic acids is 1. The summed E-state index contributed by atoms with van der Waals surface area (Å²) < 4.78 is 0. The van der Waals surface area contributed by atoms with Gasteiger partial charge in [0.05, 0.1) is 0 Å². The van der Waals surface area contributed by atoms with E-state index < -0.39 is 5.97 Å². The van der Waals surface area contributed by atoms with Crippen LogP contribution in [0.5, 0.6) is 0 Å². The van der Waals surface area contributed by atoms with Crippen molar-refractivity contribution in [2.24, 2.45) is 0 Å². The molecule has 0 aliphatic heterocycles. The summed E-state index contributed by atoms with van der Waals surface area (Å²) in [6.45, 7) is 7.60. The quantitative estimate of drug-likeness (QED) is 0.506. The number of carbonyl (C=O) groups is 1. The van der Waals surface area contributed by atoms with Crippen LogP contribution in [-0.4, -0.2) is 11.1 Å². The maximum absolute atomic E-state index is 10.2. The van der Waals surface area contributed by atoms with Crippen molar-refractivity contribution in [2.75, 3.05) is 0 Å². The maximum Gasteiger partial charge on any atom is 0.328 e. The lowest BCUT2D eigenvalue weighted by Crippen LogP contribution is -1.90. The normalized spacial score (nSPS) is 11.3. The predicted octanol–water partition coefficient (Wildman–Crippen LogP) is 2.76. The van der Waals surface area contributed by atoms with Crippen LogP contribution in [-0.2, 0) is 4.79 Å². The van der Waals surface area contributed by atoms with Gasteiger partial charge in [0.2, 0.25) is 0 Å². The fourth-order valence-corrected chi connectivity index (χ4v) is 0.952. The maximum atomic E-state index is 10.2. The van der Waals surface area contributed by atoms with Crippen LogP contribution in [0.25, 0.3) is 0 Å². The summed E-state index contributed by atoms with van der Waals surface area (Å²) in [5.74, 6) is -0.858. The van der Waals surface area contributed by atoms with Crippen molar-refractivity contribution in [1.82, 2.24) is 0 Å². The summed E-state index contributed by atoms with van der Waals surface area (Å²) in [5, 5.41) is 8.40. The Bertz CT molecular complexity index is 202. The van der Waals surface area contributed by atoms with Crippen molar-refractivity contribution in [3.05, 3.63) is 23.8 Å². The largest absolute Gasteiger partial charge is 0.478 e. The molecule has 0 aliphatic rings. The Hall–Kier alpha value is -1.05. The van der Waals surface area contributed by atoms with Gasteiger partial charge >= 0.3 is 5.97 Å². The lowest BCUT2D eigenvalue weighted by molar-refractivity contribution is -0.131. The topological polar surface area (TPSA) is 37.3 Å². The molecule has 2 nitrogen and oxygen atoms in total. The Balaban J connectivity index is 3.64. The van der Waals surface area contributed by atoms with Crippen LogP contribution >= 0.6 is 0 Å². The minimum atomic E-state index is -0.858. The second-order valence-electron chi connectivity index (χ2n) is 3.14. The van der Waals surface area contributed by atoms with Crippen molar-refractivity contribution in [3.63, 3.8) is 0 Å². The molecule has 0 aromatic carbocycles. The smallest absolute Gasteiger partial charge is 0.328 e. The summed E-state index contributed by atoms with van der Waals surface area (Å²) in [6, 6.07) is 0. The molecule has 0 fully saturated rings. The van der Waals surface area contributed by atoms with Gasteiger partial charge in [-0.15, -0.1) is 6.58 Å². The fraction of sp³-hybridized carbons (Fsp3) is 0.500. The van der Waals surface area contributed by atoms with Crippen LogP contribution < -0.4 is 0 Å². The van der Waals surface area contributed by atoms with Crippen LogP contribution in [0, 0.1) is 0 Å². The Morgan fingerprint density at radius 3 is 2.42 bits per heavy atom. The van der Waals surface area contributed by atoms with E-state index in [0.29, 0.717) is 0 Å². The van der Waals surface area contributed by atoms with Gasteiger partial charge in [-0.1, -0.05) is 11.1 Å². The first-order valence-corrected chi connectivity index (χ1v) is 4.07.